The van der Waals surface area contributed by atoms with Gasteiger partial charge in [0.1, 0.15) is 0 Å². The summed E-state index contributed by atoms with van der Waals surface area (Å²) in [5.41, 5.74) is 0. The summed E-state index contributed by atoms with van der Waals surface area (Å²) in [5.74, 6) is 0.797. The van der Waals surface area contributed by atoms with E-state index in [-0.39, 0.29) is 0 Å². The number of likely N-dealkylation sites (tertiary alicyclic amines) is 1. The van der Waals surface area contributed by atoms with Gasteiger partial charge >= 0.3 is 0 Å². The minimum absolute atomic E-state index is 0.797. The topological polar surface area (TPSA) is 6.48 Å². The maximum atomic E-state index is 2.54. The van der Waals surface area contributed by atoms with E-state index < -0.39 is 0 Å². The third-order valence-corrected chi connectivity index (χ3v) is 2.75. The molecule has 1 fully saturated rings. The van der Waals surface area contributed by atoms with E-state index >= 15 is 0 Å². The van der Waals surface area contributed by atoms with Gasteiger partial charge in [-0.1, -0.05) is 20.8 Å². The average Bonchev–Trinajstić information content (AvgIpc) is 1.93. The van der Waals surface area contributed by atoms with Gasteiger partial charge in [-0.05, 0) is 25.9 Å². The van der Waals surface area contributed by atoms with E-state index in [0.29, 0.717) is 0 Å². The van der Waals surface area contributed by atoms with Gasteiger partial charge in [-0.3, -0.25) is 0 Å². The van der Waals surface area contributed by atoms with Gasteiger partial charge < -0.3 is 9.80 Å². The van der Waals surface area contributed by atoms with Crippen molar-refractivity contribution in [2.24, 2.45) is 5.92 Å². The SMILES string of the molecule is CCCN1CC(N(C)CC(C)C)C1. The molecule has 1 saturated heterocycles. The van der Waals surface area contributed by atoms with Gasteiger partial charge in [0.2, 0.25) is 0 Å². The van der Waals surface area contributed by atoms with Crippen LogP contribution >= 0.6 is 0 Å². The van der Waals surface area contributed by atoms with Crippen LogP contribution in [0.4, 0.5) is 0 Å². The molecule has 1 rings (SSSR count). The zero-order valence-corrected chi connectivity index (χ0v) is 9.58. The van der Waals surface area contributed by atoms with Crippen LogP contribution in [0.1, 0.15) is 27.2 Å². The molecule has 0 aliphatic carbocycles. The number of nitrogens with zero attached hydrogens (tertiary/aromatic N) is 2. The summed E-state index contributed by atoms with van der Waals surface area (Å²) in [6.45, 7) is 11.9. The summed E-state index contributed by atoms with van der Waals surface area (Å²) >= 11 is 0. The Hall–Kier alpha value is -0.0800. The summed E-state index contributed by atoms with van der Waals surface area (Å²) in [7, 11) is 2.26. The van der Waals surface area contributed by atoms with Crippen LogP contribution in [0.15, 0.2) is 0 Å². The smallest absolute Gasteiger partial charge is 0.0347 e. The van der Waals surface area contributed by atoms with Crippen LogP contribution < -0.4 is 0 Å². The van der Waals surface area contributed by atoms with Gasteiger partial charge in [0.05, 0.1) is 0 Å². The van der Waals surface area contributed by atoms with Crippen molar-refractivity contribution in [2.75, 3.05) is 33.2 Å². The third-order valence-electron chi connectivity index (χ3n) is 2.75. The number of hydrogen-bond donors (Lipinski definition) is 0. The van der Waals surface area contributed by atoms with E-state index in [2.05, 4.69) is 37.6 Å². The Balaban J connectivity index is 2.11. The molecule has 2 heteroatoms. The lowest BCUT2D eigenvalue weighted by atomic mass is 10.1. The average molecular weight is 184 g/mol. The monoisotopic (exact) mass is 184 g/mol. The van der Waals surface area contributed by atoms with Crippen molar-refractivity contribution in [3.63, 3.8) is 0 Å². The van der Waals surface area contributed by atoms with Crippen LogP contribution in [0.5, 0.6) is 0 Å². The second kappa shape index (κ2) is 4.97. The maximum absolute atomic E-state index is 2.54. The van der Waals surface area contributed by atoms with Crippen molar-refractivity contribution in [2.45, 2.75) is 33.2 Å². The molecule has 0 bridgehead atoms. The molecule has 1 heterocycles. The molecule has 78 valence electrons. The van der Waals surface area contributed by atoms with Crippen LogP contribution in [-0.2, 0) is 0 Å². The van der Waals surface area contributed by atoms with E-state index in [4.69, 9.17) is 0 Å². The van der Waals surface area contributed by atoms with Crippen molar-refractivity contribution in [3.05, 3.63) is 0 Å². The minimum atomic E-state index is 0.797. The normalized spacial score (nSPS) is 19.8. The Bertz CT molecular complexity index is 139. The van der Waals surface area contributed by atoms with Gasteiger partial charge in [-0.2, -0.15) is 0 Å². The lowest BCUT2D eigenvalue weighted by molar-refractivity contribution is 0.0437. The second-order valence-corrected chi connectivity index (χ2v) is 4.75. The van der Waals surface area contributed by atoms with Gasteiger partial charge in [0.15, 0.2) is 0 Å². The van der Waals surface area contributed by atoms with E-state index in [1.807, 2.05) is 0 Å². The lowest BCUT2D eigenvalue weighted by Crippen LogP contribution is -2.58. The van der Waals surface area contributed by atoms with E-state index in [1.165, 1.54) is 32.6 Å². The highest BCUT2D eigenvalue weighted by molar-refractivity contribution is 4.86. The molecule has 2 nitrogen and oxygen atoms in total. The molecule has 0 amide bonds. The van der Waals surface area contributed by atoms with Crippen molar-refractivity contribution in [1.82, 2.24) is 9.80 Å². The summed E-state index contributed by atoms with van der Waals surface area (Å²) in [5, 5.41) is 0. The molecule has 0 radical (unpaired) electrons. The minimum Gasteiger partial charge on any atom is -0.301 e. The van der Waals surface area contributed by atoms with Crippen LogP contribution in [0, 0.1) is 5.92 Å². The maximum Gasteiger partial charge on any atom is 0.0347 e. The number of likely N-dealkylation sites (N-methyl/N-ethyl adjacent to an activating group) is 1. The predicted octanol–water partition coefficient (Wildman–Crippen LogP) is 1.67. The zero-order chi connectivity index (χ0) is 9.84. The van der Waals surface area contributed by atoms with E-state index in [0.717, 1.165) is 12.0 Å². The standard InChI is InChI=1S/C11H24N2/c1-5-6-13-8-11(9-13)12(4)7-10(2)3/h10-11H,5-9H2,1-4H3. The van der Waals surface area contributed by atoms with Gasteiger partial charge in [0, 0.05) is 25.7 Å². The first kappa shape index (κ1) is 11.0. The largest absolute Gasteiger partial charge is 0.301 e. The molecule has 0 atom stereocenters. The first-order chi connectivity index (χ1) is 6.13. The molecule has 13 heavy (non-hydrogen) atoms. The second-order valence-electron chi connectivity index (χ2n) is 4.75. The third kappa shape index (κ3) is 3.28. The molecule has 0 saturated carbocycles. The highest BCUT2D eigenvalue weighted by Crippen LogP contribution is 2.14. The van der Waals surface area contributed by atoms with Crippen LogP contribution in [0.3, 0.4) is 0 Å². The van der Waals surface area contributed by atoms with Gasteiger partial charge in [0.25, 0.3) is 0 Å². The molecule has 0 unspecified atom stereocenters. The molecule has 0 aromatic heterocycles. The number of hydrogen-bond acceptors (Lipinski definition) is 2. The van der Waals surface area contributed by atoms with Gasteiger partial charge in [-0.25, -0.2) is 0 Å². The first-order valence-corrected chi connectivity index (χ1v) is 5.56. The highest BCUT2D eigenvalue weighted by Gasteiger charge is 2.28. The molecular weight excluding hydrogens is 160 g/mol. The van der Waals surface area contributed by atoms with Crippen LogP contribution in [0.2, 0.25) is 0 Å². The van der Waals surface area contributed by atoms with Gasteiger partial charge in [-0.15, -0.1) is 0 Å². The molecule has 0 aromatic carbocycles. The number of rotatable bonds is 5. The van der Waals surface area contributed by atoms with Crippen molar-refractivity contribution < 1.29 is 0 Å². The van der Waals surface area contributed by atoms with Crippen LogP contribution in [0.25, 0.3) is 0 Å². The lowest BCUT2D eigenvalue weighted by Gasteiger charge is -2.44. The molecule has 0 aromatic rings. The Labute approximate surface area is 82.9 Å². The Morgan fingerprint density at radius 3 is 2.46 bits per heavy atom. The molecule has 0 N–H and O–H groups in total. The Morgan fingerprint density at radius 2 is 2.00 bits per heavy atom. The first-order valence-electron chi connectivity index (χ1n) is 5.56. The molecule has 0 spiro atoms. The van der Waals surface area contributed by atoms with Crippen molar-refractivity contribution in [1.29, 1.82) is 0 Å². The quantitative estimate of drug-likeness (QED) is 0.641. The Morgan fingerprint density at radius 1 is 1.38 bits per heavy atom. The van der Waals surface area contributed by atoms with Crippen molar-refractivity contribution in [3.8, 4) is 0 Å². The molecule has 1 aliphatic rings. The predicted molar refractivity (Wildman–Crippen MR) is 58.0 cm³/mol. The van der Waals surface area contributed by atoms with Crippen LogP contribution in [-0.4, -0.2) is 49.1 Å². The molecule has 1 aliphatic heterocycles. The highest BCUT2D eigenvalue weighted by atomic mass is 15.3. The fourth-order valence-electron chi connectivity index (χ4n) is 2.05. The summed E-state index contributed by atoms with van der Waals surface area (Å²) < 4.78 is 0. The van der Waals surface area contributed by atoms with E-state index in [1.54, 1.807) is 0 Å². The summed E-state index contributed by atoms with van der Waals surface area (Å²) in [6, 6.07) is 0.828. The van der Waals surface area contributed by atoms with Crippen molar-refractivity contribution >= 4 is 0 Å². The van der Waals surface area contributed by atoms with E-state index in [9.17, 15) is 0 Å². The fourth-order valence-corrected chi connectivity index (χ4v) is 2.05. The zero-order valence-electron chi connectivity index (χ0n) is 9.58. The summed E-state index contributed by atoms with van der Waals surface area (Å²) in [6.07, 6.45) is 1.29. The molecular formula is C11H24N2. The summed E-state index contributed by atoms with van der Waals surface area (Å²) in [4.78, 5) is 5.05. The fraction of sp³-hybridized carbons (Fsp3) is 1.00. The Kier molecular flexibility index (Phi) is 4.20.